The van der Waals surface area contributed by atoms with Crippen molar-refractivity contribution in [3.8, 4) is 0 Å². The highest BCUT2D eigenvalue weighted by Crippen LogP contribution is 2.06. The maximum absolute atomic E-state index is 9.98. The zero-order chi connectivity index (χ0) is 8.15. The second kappa shape index (κ2) is 4.40. The third-order valence-corrected chi connectivity index (χ3v) is 1.75. The summed E-state index contributed by atoms with van der Waals surface area (Å²) in [5.41, 5.74) is 0. The van der Waals surface area contributed by atoms with Gasteiger partial charge in [-0.2, -0.15) is 0 Å². The van der Waals surface area contributed by atoms with Crippen LogP contribution in [0.5, 0.6) is 0 Å². The average molecular weight is 210 g/mol. The molecule has 0 aliphatic carbocycles. The molecule has 0 aromatic rings. The quantitative estimate of drug-likeness (QED) is 0.247. The van der Waals surface area contributed by atoms with E-state index in [0.29, 0.717) is 0 Å². The Morgan fingerprint density at radius 1 is 1.80 bits per heavy atom. The molecule has 4 nitrogen and oxygen atoms in total. The minimum absolute atomic E-state index is 0.593. The molecule has 0 saturated carbocycles. The molecule has 0 rings (SSSR count). The summed E-state index contributed by atoms with van der Waals surface area (Å²) in [7, 11) is 0. The van der Waals surface area contributed by atoms with Gasteiger partial charge in [-0.3, -0.25) is 10.1 Å². The summed E-state index contributed by atoms with van der Waals surface area (Å²) >= 11 is 2.71. The Bertz CT molecular complexity index is 148. The Balaban J connectivity index is 3.93. The van der Waals surface area contributed by atoms with Crippen molar-refractivity contribution >= 4 is 15.9 Å². The molecule has 58 valence electrons. The van der Waals surface area contributed by atoms with Gasteiger partial charge in [0.15, 0.2) is 0 Å². The van der Waals surface area contributed by atoms with Crippen LogP contribution in [0.3, 0.4) is 0 Å². The smallest absolute Gasteiger partial charge is 0.294 e. The molecule has 5 heteroatoms. The van der Waals surface area contributed by atoms with Crippen LogP contribution in [0.15, 0.2) is 12.2 Å². The zero-order valence-electron chi connectivity index (χ0n) is 5.40. The van der Waals surface area contributed by atoms with Gasteiger partial charge in [0.1, 0.15) is 6.10 Å². The molecule has 0 saturated heterocycles. The molecule has 0 amide bonds. The van der Waals surface area contributed by atoms with Gasteiger partial charge in [0.05, 0.1) is 0 Å². The van der Waals surface area contributed by atoms with Crippen LogP contribution in [0.25, 0.3) is 0 Å². The number of nitro groups is 1. The molecule has 10 heavy (non-hydrogen) atoms. The standard InChI is InChI=1S/C5H8BrNO3/c1-2-3-4(8)5(6)7(9)10/h2-5,8H,1H3/b3-2+. The number of nitrogens with zero attached hydrogens (tertiary/aromatic N) is 1. The predicted molar refractivity (Wildman–Crippen MR) is 40.5 cm³/mol. The van der Waals surface area contributed by atoms with Gasteiger partial charge in [-0.25, -0.2) is 0 Å². The molecular formula is C5H8BrNO3. The van der Waals surface area contributed by atoms with Crippen molar-refractivity contribution in [3.63, 3.8) is 0 Å². The van der Waals surface area contributed by atoms with E-state index < -0.39 is 16.0 Å². The summed E-state index contributed by atoms with van der Waals surface area (Å²) in [5.74, 6) is 0. The second-order valence-corrected chi connectivity index (χ2v) is 2.61. The van der Waals surface area contributed by atoms with E-state index in [4.69, 9.17) is 5.11 Å². The lowest BCUT2D eigenvalue weighted by Gasteiger charge is -2.04. The van der Waals surface area contributed by atoms with Gasteiger partial charge < -0.3 is 5.11 Å². The van der Waals surface area contributed by atoms with Crippen molar-refractivity contribution in [2.75, 3.05) is 0 Å². The van der Waals surface area contributed by atoms with Crippen LogP contribution in [0.1, 0.15) is 6.92 Å². The molecule has 0 aliphatic rings. The topological polar surface area (TPSA) is 63.4 Å². The fourth-order valence-electron chi connectivity index (χ4n) is 0.414. The summed E-state index contributed by atoms with van der Waals surface area (Å²) in [5, 5.41) is 18.9. The summed E-state index contributed by atoms with van der Waals surface area (Å²) in [6, 6.07) is 0. The third kappa shape index (κ3) is 2.93. The fraction of sp³-hybridized carbons (Fsp3) is 0.600. The Labute approximate surface area is 66.8 Å². The van der Waals surface area contributed by atoms with Crippen LogP contribution in [0, 0.1) is 10.1 Å². The molecule has 0 aromatic carbocycles. The van der Waals surface area contributed by atoms with Crippen LogP contribution >= 0.6 is 15.9 Å². The largest absolute Gasteiger partial charge is 0.381 e. The van der Waals surface area contributed by atoms with Gasteiger partial charge in [-0.15, -0.1) is 0 Å². The minimum Gasteiger partial charge on any atom is -0.381 e. The fourth-order valence-corrected chi connectivity index (χ4v) is 0.590. The molecule has 2 atom stereocenters. The van der Waals surface area contributed by atoms with Crippen LogP contribution < -0.4 is 0 Å². The number of allylic oxidation sites excluding steroid dienone is 1. The molecule has 0 bridgehead atoms. The Kier molecular flexibility index (Phi) is 4.22. The Hall–Kier alpha value is -0.420. The van der Waals surface area contributed by atoms with Crippen molar-refractivity contribution in [1.29, 1.82) is 0 Å². The highest BCUT2D eigenvalue weighted by Gasteiger charge is 2.22. The van der Waals surface area contributed by atoms with E-state index in [0.717, 1.165) is 0 Å². The van der Waals surface area contributed by atoms with E-state index in [1.165, 1.54) is 6.08 Å². The maximum atomic E-state index is 9.98. The number of aliphatic hydroxyl groups is 1. The second-order valence-electron chi connectivity index (χ2n) is 1.67. The molecule has 0 aliphatic heterocycles. The van der Waals surface area contributed by atoms with E-state index >= 15 is 0 Å². The van der Waals surface area contributed by atoms with E-state index in [1.807, 2.05) is 0 Å². The third-order valence-electron chi connectivity index (χ3n) is 0.873. The van der Waals surface area contributed by atoms with Crippen molar-refractivity contribution in [2.24, 2.45) is 0 Å². The molecule has 0 spiro atoms. The monoisotopic (exact) mass is 209 g/mol. The highest BCUT2D eigenvalue weighted by molar-refractivity contribution is 9.09. The Morgan fingerprint density at radius 2 is 2.30 bits per heavy atom. The lowest BCUT2D eigenvalue weighted by molar-refractivity contribution is -0.501. The van der Waals surface area contributed by atoms with Crippen molar-refractivity contribution < 1.29 is 10.0 Å². The van der Waals surface area contributed by atoms with Crippen molar-refractivity contribution in [3.05, 3.63) is 22.3 Å². The molecule has 1 N–H and O–H groups in total. The van der Waals surface area contributed by atoms with Crippen molar-refractivity contribution in [2.45, 2.75) is 18.0 Å². The van der Waals surface area contributed by atoms with Gasteiger partial charge in [-0.05, 0) is 22.9 Å². The summed E-state index contributed by atoms with van der Waals surface area (Å²) in [4.78, 5) is 8.28. The normalized spacial score (nSPS) is 17.1. The summed E-state index contributed by atoms with van der Waals surface area (Å²) < 4.78 is 0. The lowest BCUT2D eigenvalue weighted by atomic mass is 10.3. The molecule has 2 unspecified atom stereocenters. The summed E-state index contributed by atoms with van der Waals surface area (Å²) in [6.45, 7) is 1.68. The highest BCUT2D eigenvalue weighted by atomic mass is 79.9. The lowest BCUT2D eigenvalue weighted by Crippen LogP contribution is -2.25. The van der Waals surface area contributed by atoms with Crippen molar-refractivity contribution in [1.82, 2.24) is 0 Å². The maximum Gasteiger partial charge on any atom is 0.294 e. The van der Waals surface area contributed by atoms with Gasteiger partial charge in [-0.1, -0.05) is 12.2 Å². The van der Waals surface area contributed by atoms with E-state index in [1.54, 1.807) is 13.0 Å². The van der Waals surface area contributed by atoms with E-state index in [2.05, 4.69) is 15.9 Å². The first-order valence-electron chi connectivity index (χ1n) is 2.68. The SMILES string of the molecule is C/C=C/C(O)C(Br)[N+](=O)[O-]. The number of aliphatic hydroxyl groups excluding tert-OH is 1. The van der Waals surface area contributed by atoms with Gasteiger partial charge >= 0.3 is 0 Å². The first-order chi connectivity index (χ1) is 4.59. The van der Waals surface area contributed by atoms with Crippen LogP contribution in [0.2, 0.25) is 0 Å². The van der Waals surface area contributed by atoms with Gasteiger partial charge in [0, 0.05) is 4.92 Å². The number of halogens is 1. The van der Waals surface area contributed by atoms with E-state index in [9.17, 15) is 10.1 Å². The van der Waals surface area contributed by atoms with E-state index in [-0.39, 0.29) is 0 Å². The van der Waals surface area contributed by atoms with Gasteiger partial charge in [0.2, 0.25) is 0 Å². The minimum atomic E-state index is -1.11. The zero-order valence-corrected chi connectivity index (χ0v) is 6.98. The summed E-state index contributed by atoms with van der Waals surface area (Å²) in [6.07, 6.45) is 1.85. The van der Waals surface area contributed by atoms with Gasteiger partial charge in [0.25, 0.3) is 4.95 Å². The van der Waals surface area contributed by atoms with Crippen LogP contribution in [-0.2, 0) is 0 Å². The molecular weight excluding hydrogens is 202 g/mol. The molecule has 0 heterocycles. The van der Waals surface area contributed by atoms with Crippen LogP contribution in [0.4, 0.5) is 0 Å². The molecule has 0 fully saturated rings. The van der Waals surface area contributed by atoms with Crippen LogP contribution in [-0.4, -0.2) is 21.1 Å². The predicted octanol–water partition coefficient (Wildman–Crippen LogP) is 0.921. The molecule has 0 aromatic heterocycles. The first-order valence-corrected chi connectivity index (χ1v) is 3.59. The first kappa shape index (κ1) is 9.58. The number of rotatable bonds is 3. The number of hydrogen-bond donors (Lipinski definition) is 1. The number of hydrogen-bond acceptors (Lipinski definition) is 3. The molecule has 0 radical (unpaired) electrons. The number of alkyl halides is 1. The Morgan fingerprint density at radius 3 is 2.60 bits per heavy atom. The average Bonchev–Trinajstić information content (AvgIpc) is 1.87.